The number of halogens is 2. The highest BCUT2D eigenvalue weighted by Gasteiger charge is 2.28. The molecule has 0 fully saturated rings. The lowest BCUT2D eigenvalue weighted by Gasteiger charge is -2.19. The van der Waals surface area contributed by atoms with E-state index in [0.29, 0.717) is 5.56 Å². The third kappa shape index (κ3) is 4.44. The van der Waals surface area contributed by atoms with Gasteiger partial charge in [0.2, 0.25) is 5.78 Å². The number of hydrogen-bond donors (Lipinski definition) is 0. The van der Waals surface area contributed by atoms with E-state index in [1.165, 1.54) is 25.3 Å². The number of carbonyl (C=O) groups excluding carboxylic acids is 2. The minimum atomic E-state index is -0.740. The lowest BCUT2D eigenvalue weighted by molar-refractivity contribution is 0.0597. The maximum atomic E-state index is 14.5. The fraction of sp³-hybridized carbons (Fsp3) is 0.269. The Balaban J connectivity index is 2.34. The van der Waals surface area contributed by atoms with Gasteiger partial charge >= 0.3 is 5.97 Å². The SMILES string of the molecule is COC(=O)c1cc(Cl)c(-c2ccccc2F)nc1C(=O)c1c(C(C)C)cccc1C(C)C. The fourth-order valence-electron chi connectivity index (χ4n) is 3.70. The first-order valence-electron chi connectivity index (χ1n) is 10.4. The quantitative estimate of drug-likeness (QED) is 0.304. The van der Waals surface area contributed by atoms with Crippen LogP contribution in [0.2, 0.25) is 5.02 Å². The number of ether oxygens (including phenoxy) is 1. The lowest BCUT2D eigenvalue weighted by Crippen LogP contribution is -2.18. The summed E-state index contributed by atoms with van der Waals surface area (Å²) in [5, 5.41) is 0.0493. The zero-order valence-corrected chi connectivity index (χ0v) is 19.5. The summed E-state index contributed by atoms with van der Waals surface area (Å²) < 4.78 is 19.4. The van der Waals surface area contributed by atoms with Crippen molar-refractivity contribution in [2.75, 3.05) is 7.11 Å². The first-order chi connectivity index (χ1) is 15.2. The first kappa shape index (κ1) is 23.6. The van der Waals surface area contributed by atoms with Crippen molar-refractivity contribution >= 4 is 23.4 Å². The largest absolute Gasteiger partial charge is 0.465 e. The first-order valence-corrected chi connectivity index (χ1v) is 10.8. The van der Waals surface area contributed by atoms with Crippen LogP contribution in [0.25, 0.3) is 11.3 Å². The fourth-order valence-corrected chi connectivity index (χ4v) is 3.95. The standard InChI is InChI=1S/C26H25ClFNO3/c1-14(2)16-10-8-11-17(15(3)4)22(16)25(30)24-19(26(31)32-5)13-20(27)23(29-24)18-9-6-7-12-21(18)28/h6-15H,1-5H3. The van der Waals surface area contributed by atoms with Crippen molar-refractivity contribution in [1.29, 1.82) is 0 Å². The van der Waals surface area contributed by atoms with E-state index >= 15 is 0 Å². The van der Waals surface area contributed by atoms with E-state index in [-0.39, 0.29) is 39.4 Å². The molecule has 0 spiro atoms. The molecule has 166 valence electrons. The zero-order valence-electron chi connectivity index (χ0n) is 18.7. The maximum Gasteiger partial charge on any atom is 0.340 e. The van der Waals surface area contributed by atoms with Gasteiger partial charge in [-0.2, -0.15) is 0 Å². The summed E-state index contributed by atoms with van der Waals surface area (Å²) in [6, 6.07) is 13.0. The molecule has 1 heterocycles. The second-order valence-corrected chi connectivity index (χ2v) is 8.54. The molecule has 6 heteroatoms. The van der Waals surface area contributed by atoms with Crippen LogP contribution in [0.5, 0.6) is 0 Å². The van der Waals surface area contributed by atoms with Gasteiger partial charge in [-0.25, -0.2) is 14.2 Å². The molecule has 0 unspecified atom stereocenters. The number of ketones is 1. The van der Waals surface area contributed by atoms with Crippen LogP contribution >= 0.6 is 11.6 Å². The Hall–Kier alpha value is -3.05. The average Bonchev–Trinajstić information content (AvgIpc) is 2.77. The average molecular weight is 454 g/mol. The highest BCUT2D eigenvalue weighted by Crippen LogP contribution is 2.34. The van der Waals surface area contributed by atoms with Gasteiger partial charge in [0.25, 0.3) is 0 Å². The molecule has 0 radical (unpaired) electrons. The maximum absolute atomic E-state index is 14.5. The molecule has 3 rings (SSSR count). The summed E-state index contributed by atoms with van der Waals surface area (Å²) in [4.78, 5) is 30.9. The number of methoxy groups -OCH3 is 1. The molecule has 2 aromatic carbocycles. The van der Waals surface area contributed by atoms with E-state index in [0.717, 1.165) is 11.1 Å². The lowest BCUT2D eigenvalue weighted by atomic mass is 9.85. The predicted octanol–water partition coefficient (Wildman–Crippen LogP) is 6.81. The van der Waals surface area contributed by atoms with Crippen LogP contribution in [-0.4, -0.2) is 23.8 Å². The molecule has 0 aliphatic rings. The van der Waals surface area contributed by atoms with Gasteiger partial charge in [0, 0.05) is 11.1 Å². The van der Waals surface area contributed by atoms with Crippen molar-refractivity contribution in [2.45, 2.75) is 39.5 Å². The summed E-state index contributed by atoms with van der Waals surface area (Å²) >= 11 is 6.37. The number of rotatable bonds is 6. The molecule has 0 amide bonds. The van der Waals surface area contributed by atoms with Crippen LogP contribution in [0.1, 0.15) is 77.1 Å². The van der Waals surface area contributed by atoms with E-state index in [1.54, 1.807) is 12.1 Å². The summed E-state index contributed by atoms with van der Waals surface area (Å²) in [5.74, 6) is -1.57. The van der Waals surface area contributed by atoms with Crippen LogP contribution in [0.15, 0.2) is 48.5 Å². The van der Waals surface area contributed by atoms with Crippen LogP contribution in [0, 0.1) is 5.82 Å². The van der Waals surface area contributed by atoms with Gasteiger partial charge in [0.05, 0.1) is 23.4 Å². The van der Waals surface area contributed by atoms with Crippen LogP contribution in [0.3, 0.4) is 0 Å². The van der Waals surface area contributed by atoms with E-state index in [1.807, 2.05) is 45.9 Å². The van der Waals surface area contributed by atoms with Crippen molar-refractivity contribution in [2.24, 2.45) is 0 Å². The number of nitrogens with zero attached hydrogens (tertiary/aromatic N) is 1. The Kier molecular flexibility index (Phi) is 7.09. The molecule has 4 nitrogen and oxygen atoms in total. The molecule has 0 aliphatic carbocycles. The number of pyridine rings is 1. The summed E-state index contributed by atoms with van der Waals surface area (Å²) in [6.07, 6.45) is 0. The van der Waals surface area contributed by atoms with E-state index < -0.39 is 17.6 Å². The van der Waals surface area contributed by atoms with Gasteiger partial charge < -0.3 is 4.74 Å². The van der Waals surface area contributed by atoms with Gasteiger partial charge in [-0.3, -0.25) is 4.79 Å². The number of esters is 1. The Labute approximate surface area is 192 Å². The number of aromatic nitrogens is 1. The number of hydrogen-bond acceptors (Lipinski definition) is 4. The Morgan fingerprint density at radius 2 is 1.56 bits per heavy atom. The third-order valence-corrected chi connectivity index (χ3v) is 5.61. The van der Waals surface area contributed by atoms with Crippen molar-refractivity contribution < 1.29 is 18.7 Å². The molecule has 0 bridgehead atoms. The Morgan fingerprint density at radius 3 is 2.09 bits per heavy atom. The second-order valence-electron chi connectivity index (χ2n) is 8.14. The van der Waals surface area contributed by atoms with Crippen molar-refractivity contribution in [3.63, 3.8) is 0 Å². The molecule has 0 saturated heterocycles. The number of benzene rings is 2. The van der Waals surface area contributed by atoms with E-state index in [9.17, 15) is 14.0 Å². The zero-order chi connectivity index (χ0) is 23.6. The molecule has 3 aromatic rings. The highest BCUT2D eigenvalue weighted by atomic mass is 35.5. The molecule has 0 atom stereocenters. The van der Waals surface area contributed by atoms with Gasteiger partial charge in [0.15, 0.2) is 0 Å². The summed E-state index contributed by atoms with van der Waals surface area (Å²) in [7, 11) is 1.22. The highest BCUT2D eigenvalue weighted by molar-refractivity contribution is 6.33. The molecule has 0 N–H and O–H groups in total. The number of carbonyl (C=O) groups is 2. The molecule has 32 heavy (non-hydrogen) atoms. The van der Waals surface area contributed by atoms with Crippen molar-refractivity contribution in [1.82, 2.24) is 4.98 Å². The Bertz CT molecular complexity index is 1160. The van der Waals surface area contributed by atoms with Gasteiger partial charge in [-0.05, 0) is 41.2 Å². The molecule has 1 aromatic heterocycles. The van der Waals surface area contributed by atoms with Gasteiger partial charge in [-0.15, -0.1) is 0 Å². The Morgan fingerprint density at radius 1 is 0.969 bits per heavy atom. The molecule has 0 aliphatic heterocycles. The third-order valence-electron chi connectivity index (χ3n) is 5.33. The minimum Gasteiger partial charge on any atom is -0.465 e. The normalized spacial score (nSPS) is 11.2. The predicted molar refractivity (Wildman–Crippen MR) is 124 cm³/mol. The monoisotopic (exact) mass is 453 g/mol. The van der Waals surface area contributed by atoms with Crippen molar-refractivity contribution in [3.8, 4) is 11.3 Å². The van der Waals surface area contributed by atoms with Crippen LogP contribution in [-0.2, 0) is 4.74 Å². The second kappa shape index (κ2) is 9.61. The molecular formula is C26H25ClFNO3. The summed E-state index contributed by atoms with van der Waals surface area (Å²) in [6.45, 7) is 7.99. The van der Waals surface area contributed by atoms with Crippen molar-refractivity contribution in [3.05, 3.63) is 87.3 Å². The molecule has 0 saturated carbocycles. The smallest absolute Gasteiger partial charge is 0.340 e. The topological polar surface area (TPSA) is 56.3 Å². The van der Waals surface area contributed by atoms with E-state index in [4.69, 9.17) is 16.3 Å². The van der Waals surface area contributed by atoms with Crippen LogP contribution < -0.4 is 0 Å². The van der Waals surface area contributed by atoms with Gasteiger partial charge in [-0.1, -0.05) is 69.6 Å². The van der Waals surface area contributed by atoms with E-state index in [2.05, 4.69) is 4.98 Å². The molecular weight excluding hydrogens is 429 g/mol. The van der Waals surface area contributed by atoms with Gasteiger partial charge in [0.1, 0.15) is 11.5 Å². The van der Waals surface area contributed by atoms with Crippen LogP contribution in [0.4, 0.5) is 4.39 Å². The summed E-state index contributed by atoms with van der Waals surface area (Å²) in [5.41, 5.74) is 2.25. The minimum absolute atomic E-state index is 0.0493.